The Labute approximate surface area is 143 Å². The average Bonchev–Trinajstić information content (AvgIpc) is 2.93. The highest BCUT2D eigenvalue weighted by atomic mass is 16.5. The van der Waals surface area contributed by atoms with E-state index in [2.05, 4.69) is 24.0 Å². The van der Waals surface area contributed by atoms with Crippen LogP contribution in [-0.4, -0.2) is 40.1 Å². The van der Waals surface area contributed by atoms with Gasteiger partial charge in [0.25, 0.3) is 5.91 Å². The van der Waals surface area contributed by atoms with Gasteiger partial charge in [-0.05, 0) is 38.8 Å². The van der Waals surface area contributed by atoms with Gasteiger partial charge in [0.15, 0.2) is 0 Å². The van der Waals surface area contributed by atoms with Crippen LogP contribution in [0.15, 0.2) is 30.6 Å². The lowest BCUT2D eigenvalue weighted by molar-refractivity contribution is 0.0623. The maximum absolute atomic E-state index is 12.8. The van der Waals surface area contributed by atoms with Gasteiger partial charge in [-0.1, -0.05) is 17.7 Å². The molecule has 1 aliphatic heterocycles. The van der Waals surface area contributed by atoms with Crippen molar-refractivity contribution in [3.8, 4) is 5.75 Å². The Morgan fingerprint density at radius 1 is 1.29 bits per heavy atom. The van der Waals surface area contributed by atoms with Crippen molar-refractivity contribution in [2.24, 2.45) is 13.0 Å². The van der Waals surface area contributed by atoms with Gasteiger partial charge in [-0.3, -0.25) is 4.79 Å². The number of aryl methyl sites for hydroxylation is 3. The molecule has 0 N–H and O–H groups in total. The maximum atomic E-state index is 12.8. The quantitative estimate of drug-likeness (QED) is 0.867. The predicted octanol–water partition coefficient (Wildman–Crippen LogP) is 2.97. The first-order chi connectivity index (χ1) is 11.5. The van der Waals surface area contributed by atoms with Crippen molar-refractivity contribution >= 4 is 5.91 Å². The van der Waals surface area contributed by atoms with E-state index >= 15 is 0 Å². The van der Waals surface area contributed by atoms with Crippen LogP contribution in [0.1, 0.15) is 34.6 Å². The fourth-order valence-electron chi connectivity index (χ4n) is 3.24. The first kappa shape index (κ1) is 16.6. The second-order valence-corrected chi connectivity index (χ2v) is 6.67. The molecule has 1 saturated heterocycles. The molecule has 5 nitrogen and oxygen atoms in total. The van der Waals surface area contributed by atoms with Crippen LogP contribution < -0.4 is 4.74 Å². The highest BCUT2D eigenvalue weighted by Crippen LogP contribution is 2.21. The second-order valence-electron chi connectivity index (χ2n) is 6.67. The molecule has 0 unspecified atom stereocenters. The second kappa shape index (κ2) is 7.07. The number of amides is 1. The van der Waals surface area contributed by atoms with Gasteiger partial charge in [-0.15, -0.1) is 0 Å². The van der Waals surface area contributed by atoms with Gasteiger partial charge in [0, 0.05) is 26.1 Å². The lowest BCUT2D eigenvalue weighted by Crippen LogP contribution is -2.42. The maximum Gasteiger partial charge on any atom is 0.272 e. The number of carbonyl (C=O) groups excluding carboxylic acids is 1. The van der Waals surface area contributed by atoms with Crippen LogP contribution in [0.4, 0.5) is 0 Å². The first-order valence-electron chi connectivity index (χ1n) is 8.51. The summed E-state index contributed by atoms with van der Waals surface area (Å²) in [5, 5.41) is 0. The Bertz CT molecular complexity index is 686. The van der Waals surface area contributed by atoms with E-state index in [1.54, 1.807) is 6.33 Å². The van der Waals surface area contributed by atoms with Gasteiger partial charge in [0.05, 0.1) is 18.6 Å². The van der Waals surface area contributed by atoms with Crippen LogP contribution in [0.3, 0.4) is 0 Å². The van der Waals surface area contributed by atoms with Crippen molar-refractivity contribution < 1.29 is 9.53 Å². The van der Waals surface area contributed by atoms with Crippen LogP contribution in [0.25, 0.3) is 0 Å². The molecule has 128 valence electrons. The van der Waals surface area contributed by atoms with Crippen molar-refractivity contribution in [2.45, 2.75) is 26.7 Å². The molecule has 1 atom stereocenters. The third kappa shape index (κ3) is 3.61. The molecule has 1 aromatic carbocycles. The van der Waals surface area contributed by atoms with Crippen LogP contribution >= 0.6 is 0 Å². The van der Waals surface area contributed by atoms with Crippen LogP contribution in [-0.2, 0) is 7.05 Å². The van der Waals surface area contributed by atoms with E-state index in [1.807, 2.05) is 35.6 Å². The molecule has 5 heteroatoms. The number of carbonyl (C=O) groups is 1. The van der Waals surface area contributed by atoms with Gasteiger partial charge >= 0.3 is 0 Å². The van der Waals surface area contributed by atoms with E-state index in [4.69, 9.17) is 4.74 Å². The molecule has 3 rings (SSSR count). The Hall–Kier alpha value is -2.30. The van der Waals surface area contributed by atoms with Crippen molar-refractivity contribution in [2.75, 3.05) is 19.7 Å². The Balaban J connectivity index is 1.60. The smallest absolute Gasteiger partial charge is 0.272 e. The molecule has 0 spiro atoms. The van der Waals surface area contributed by atoms with Crippen LogP contribution in [0.5, 0.6) is 5.75 Å². The van der Waals surface area contributed by atoms with E-state index < -0.39 is 0 Å². The molecule has 1 fully saturated rings. The lowest BCUT2D eigenvalue weighted by atomic mass is 9.98. The summed E-state index contributed by atoms with van der Waals surface area (Å²) >= 11 is 0. The normalized spacial score (nSPS) is 17.8. The number of benzene rings is 1. The monoisotopic (exact) mass is 327 g/mol. The zero-order chi connectivity index (χ0) is 17.1. The van der Waals surface area contributed by atoms with Crippen molar-refractivity contribution in [3.05, 3.63) is 47.5 Å². The molecule has 0 saturated carbocycles. The summed E-state index contributed by atoms with van der Waals surface area (Å²) in [7, 11) is 1.87. The van der Waals surface area contributed by atoms with Gasteiger partial charge in [0.1, 0.15) is 11.4 Å². The number of hydrogen-bond acceptors (Lipinski definition) is 3. The number of likely N-dealkylation sites (tertiary alicyclic amines) is 1. The highest BCUT2D eigenvalue weighted by molar-refractivity contribution is 5.93. The van der Waals surface area contributed by atoms with Crippen molar-refractivity contribution in [1.82, 2.24) is 14.5 Å². The largest absolute Gasteiger partial charge is 0.493 e. The summed E-state index contributed by atoms with van der Waals surface area (Å²) in [6, 6.07) is 8.11. The topological polar surface area (TPSA) is 47.4 Å². The summed E-state index contributed by atoms with van der Waals surface area (Å²) in [6.07, 6.45) is 3.81. The summed E-state index contributed by atoms with van der Waals surface area (Å²) < 4.78 is 7.72. The highest BCUT2D eigenvalue weighted by Gasteiger charge is 2.27. The lowest BCUT2D eigenvalue weighted by Gasteiger charge is -2.32. The summed E-state index contributed by atoms with van der Waals surface area (Å²) in [5.74, 6) is 1.34. The minimum absolute atomic E-state index is 0.0764. The van der Waals surface area contributed by atoms with Crippen molar-refractivity contribution in [1.29, 1.82) is 0 Å². The standard InChI is InChI=1S/C19H25N3O2/c1-14-6-8-17(9-7-14)24-12-16-5-4-10-22(11-16)19(23)18-15(2)20-13-21(18)3/h6-9,13,16H,4-5,10-12H2,1-3H3/t16-/m0/s1. The van der Waals surface area contributed by atoms with E-state index in [0.717, 1.165) is 37.4 Å². The minimum atomic E-state index is 0.0764. The molecule has 0 radical (unpaired) electrons. The van der Waals surface area contributed by atoms with Crippen molar-refractivity contribution in [3.63, 3.8) is 0 Å². The van der Waals surface area contributed by atoms with E-state index in [0.29, 0.717) is 18.2 Å². The number of imidazole rings is 1. The molecule has 1 aliphatic rings. The molecule has 2 heterocycles. The first-order valence-corrected chi connectivity index (χ1v) is 8.51. The number of piperidine rings is 1. The third-order valence-corrected chi connectivity index (χ3v) is 4.64. The average molecular weight is 327 g/mol. The molecule has 24 heavy (non-hydrogen) atoms. The number of hydrogen-bond donors (Lipinski definition) is 0. The molecule has 1 aromatic heterocycles. The molecule has 2 aromatic rings. The van der Waals surface area contributed by atoms with E-state index in [1.165, 1.54) is 5.56 Å². The van der Waals surface area contributed by atoms with E-state index in [9.17, 15) is 4.79 Å². The number of ether oxygens (including phenoxy) is 1. The molecule has 0 bridgehead atoms. The SMILES string of the molecule is Cc1ccc(OC[C@H]2CCCN(C(=O)c3c(C)ncn3C)C2)cc1. The Morgan fingerprint density at radius 3 is 2.71 bits per heavy atom. The zero-order valence-electron chi connectivity index (χ0n) is 14.7. The predicted molar refractivity (Wildman–Crippen MR) is 93.2 cm³/mol. The van der Waals surface area contributed by atoms with Gasteiger partial charge < -0.3 is 14.2 Å². The van der Waals surface area contributed by atoms with Crippen LogP contribution in [0, 0.1) is 19.8 Å². The number of nitrogens with zero attached hydrogens (tertiary/aromatic N) is 3. The number of aromatic nitrogens is 2. The zero-order valence-corrected chi connectivity index (χ0v) is 14.7. The Kier molecular flexibility index (Phi) is 4.88. The molecule has 0 aliphatic carbocycles. The summed E-state index contributed by atoms with van der Waals surface area (Å²) in [6.45, 7) is 6.15. The summed E-state index contributed by atoms with van der Waals surface area (Å²) in [4.78, 5) is 19.0. The minimum Gasteiger partial charge on any atom is -0.493 e. The van der Waals surface area contributed by atoms with Gasteiger partial charge in [0.2, 0.25) is 0 Å². The summed E-state index contributed by atoms with van der Waals surface area (Å²) in [5.41, 5.74) is 2.71. The molecular weight excluding hydrogens is 302 g/mol. The Morgan fingerprint density at radius 2 is 2.04 bits per heavy atom. The van der Waals surface area contributed by atoms with Gasteiger partial charge in [-0.25, -0.2) is 4.98 Å². The molecular formula is C19H25N3O2. The van der Waals surface area contributed by atoms with Crippen LogP contribution in [0.2, 0.25) is 0 Å². The fraction of sp³-hybridized carbons (Fsp3) is 0.474. The third-order valence-electron chi connectivity index (χ3n) is 4.64. The fourth-order valence-corrected chi connectivity index (χ4v) is 3.24. The molecule has 1 amide bonds. The van der Waals surface area contributed by atoms with Gasteiger partial charge in [-0.2, -0.15) is 0 Å². The number of rotatable bonds is 4. The van der Waals surface area contributed by atoms with E-state index in [-0.39, 0.29) is 5.91 Å².